The Kier molecular flexibility index (Phi) is 17.5. The van der Waals surface area contributed by atoms with Gasteiger partial charge in [0.1, 0.15) is 19.0 Å². The van der Waals surface area contributed by atoms with Gasteiger partial charge in [-0.05, 0) is 62.8 Å². The summed E-state index contributed by atoms with van der Waals surface area (Å²) in [5, 5.41) is 11.8. The first-order valence-corrected chi connectivity index (χ1v) is 14.6. The molecule has 0 aliphatic rings. The number of nitrogens with zero attached hydrogens (tertiary/aromatic N) is 3. The summed E-state index contributed by atoms with van der Waals surface area (Å²) in [4.78, 5) is 39.1. The van der Waals surface area contributed by atoms with Crippen LogP contribution in [-0.2, 0) is 19.1 Å². The highest BCUT2D eigenvalue weighted by Crippen LogP contribution is 2.22. The van der Waals surface area contributed by atoms with Crippen LogP contribution in [0.5, 0.6) is 5.75 Å². The summed E-state index contributed by atoms with van der Waals surface area (Å²) in [5.41, 5.74) is 9.36. The molecule has 3 N–H and O–H groups in total. The van der Waals surface area contributed by atoms with Crippen LogP contribution in [0.4, 0.5) is 0 Å². The maximum Gasteiger partial charge on any atom is 0.251 e. The number of nitrogens with one attached hydrogen (secondary N) is 3. The van der Waals surface area contributed by atoms with E-state index in [0.717, 1.165) is 19.3 Å². The van der Waals surface area contributed by atoms with E-state index in [1.54, 1.807) is 24.3 Å². The van der Waals surface area contributed by atoms with Gasteiger partial charge in [0.25, 0.3) is 5.91 Å². The number of amides is 3. The molecule has 43 heavy (non-hydrogen) atoms. The molecule has 238 valence electrons. The van der Waals surface area contributed by atoms with Gasteiger partial charge in [-0.1, -0.05) is 50.2 Å². The number of hydrogen-bond acceptors (Lipinski definition) is 7. The van der Waals surface area contributed by atoms with Crippen molar-refractivity contribution in [2.75, 3.05) is 46.1 Å². The third-order valence-electron chi connectivity index (χ3n) is 5.59. The number of unbranched alkanes of at least 4 members (excludes halogenated alkanes) is 1. The SMILES string of the molecule is CC(C)(C)C#CCNC(=O)COCCOC(COc1cccc(C(=O)NCCNC(=O)CCCCC(C)(C)C)c1)N=[N+]=[N-]. The third kappa shape index (κ3) is 20.7. The Morgan fingerprint density at radius 1 is 1.00 bits per heavy atom. The Balaban J connectivity index is 2.33. The van der Waals surface area contributed by atoms with Crippen LogP contribution in [-0.4, -0.2) is 70.0 Å². The zero-order valence-electron chi connectivity index (χ0n) is 26.5. The molecule has 12 heteroatoms. The molecular weight excluding hydrogens is 552 g/mol. The Hall–Kier alpha value is -3.78. The van der Waals surface area contributed by atoms with Crippen LogP contribution in [0.1, 0.15) is 77.6 Å². The van der Waals surface area contributed by atoms with Gasteiger partial charge in [0.05, 0.1) is 19.8 Å². The van der Waals surface area contributed by atoms with Gasteiger partial charge in [-0.3, -0.25) is 14.4 Å². The molecule has 1 atom stereocenters. The molecule has 0 heterocycles. The summed E-state index contributed by atoms with van der Waals surface area (Å²) in [7, 11) is 0. The number of carbonyl (C=O) groups excluding carboxylic acids is 3. The molecule has 0 aliphatic heterocycles. The molecule has 0 spiro atoms. The van der Waals surface area contributed by atoms with E-state index in [9.17, 15) is 14.4 Å². The van der Waals surface area contributed by atoms with E-state index >= 15 is 0 Å². The lowest BCUT2D eigenvalue weighted by atomic mass is 9.89. The lowest BCUT2D eigenvalue weighted by Crippen LogP contribution is -2.34. The van der Waals surface area contributed by atoms with Gasteiger partial charge >= 0.3 is 0 Å². The van der Waals surface area contributed by atoms with Crippen molar-refractivity contribution in [3.63, 3.8) is 0 Å². The molecular formula is C31H48N6O6. The Morgan fingerprint density at radius 2 is 1.74 bits per heavy atom. The van der Waals surface area contributed by atoms with E-state index < -0.39 is 6.23 Å². The second kappa shape index (κ2) is 20.2. The standard InChI is InChI=1S/C31H48N6O6/c1-30(2,3)14-8-7-13-26(38)34-17-18-35-29(40)24-11-9-12-25(21-24)43-23-28(36-37-32)42-20-19-41-22-27(39)33-16-10-15-31(4,5)6/h9,11-12,21,28H,7-8,13-14,16-20,22-23H2,1-6H3,(H,33,39)(H,34,38)(H,35,40). The van der Waals surface area contributed by atoms with E-state index in [1.807, 2.05) is 20.8 Å². The van der Waals surface area contributed by atoms with E-state index in [1.165, 1.54) is 0 Å². The van der Waals surface area contributed by atoms with Gasteiger partial charge in [0, 0.05) is 35.4 Å². The fourth-order valence-corrected chi connectivity index (χ4v) is 3.49. The van der Waals surface area contributed by atoms with Crippen molar-refractivity contribution in [1.82, 2.24) is 16.0 Å². The first-order chi connectivity index (χ1) is 20.3. The number of benzene rings is 1. The molecule has 0 saturated carbocycles. The van der Waals surface area contributed by atoms with Gasteiger partial charge in [-0.15, -0.1) is 0 Å². The van der Waals surface area contributed by atoms with E-state index in [2.05, 4.69) is 58.6 Å². The van der Waals surface area contributed by atoms with Crippen molar-refractivity contribution >= 4 is 17.7 Å². The number of azide groups is 1. The second-order valence-corrected chi connectivity index (χ2v) is 12.1. The lowest BCUT2D eigenvalue weighted by Gasteiger charge is -2.17. The van der Waals surface area contributed by atoms with E-state index in [4.69, 9.17) is 19.7 Å². The number of hydrogen-bond donors (Lipinski definition) is 3. The Bertz CT molecular complexity index is 1130. The maximum atomic E-state index is 12.5. The molecule has 0 aliphatic carbocycles. The zero-order valence-corrected chi connectivity index (χ0v) is 26.5. The van der Waals surface area contributed by atoms with Crippen LogP contribution >= 0.6 is 0 Å². The highest BCUT2D eigenvalue weighted by Gasteiger charge is 2.12. The number of carbonyl (C=O) groups is 3. The minimum atomic E-state index is -0.940. The summed E-state index contributed by atoms with van der Waals surface area (Å²) < 4.78 is 16.4. The van der Waals surface area contributed by atoms with Crippen molar-refractivity contribution in [3.05, 3.63) is 40.3 Å². The monoisotopic (exact) mass is 600 g/mol. The average molecular weight is 601 g/mol. The summed E-state index contributed by atoms with van der Waals surface area (Å²) in [5.74, 6) is 5.67. The lowest BCUT2D eigenvalue weighted by molar-refractivity contribution is -0.126. The Labute approximate surface area is 255 Å². The van der Waals surface area contributed by atoms with Crippen molar-refractivity contribution in [3.8, 4) is 17.6 Å². The summed E-state index contributed by atoms with van der Waals surface area (Å²) in [6, 6.07) is 6.53. The molecule has 12 nitrogen and oxygen atoms in total. The average Bonchev–Trinajstić information content (AvgIpc) is 2.93. The topological polar surface area (TPSA) is 164 Å². The normalized spacial score (nSPS) is 11.8. The molecule has 1 aromatic carbocycles. The third-order valence-corrected chi connectivity index (χ3v) is 5.59. The summed E-state index contributed by atoms with van der Waals surface area (Å²) in [6.45, 7) is 13.3. The van der Waals surface area contributed by atoms with Gasteiger partial charge in [0.15, 0.2) is 6.23 Å². The van der Waals surface area contributed by atoms with Crippen LogP contribution in [0, 0.1) is 22.7 Å². The molecule has 3 amide bonds. The highest BCUT2D eigenvalue weighted by molar-refractivity contribution is 5.94. The van der Waals surface area contributed by atoms with Gasteiger partial charge in [-0.25, -0.2) is 0 Å². The molecule has 1 rings (SSSR count). The maximum absolute atomic E-state index is 12.5. The van der Waals surface area contributed by atoms with Crippen LogP contribution in [0.15, 0.2) is 29.4 Å². The zero-order chi connectivity index (χ0) is 32.1. The van der Waals surface area contributed by atoms with E-state index in [0.29, 0.717) is 30.8 Å². The van der Waals surface area contributed by atoms with Gasteiger partial charge < -0.3 is 30.2 Å². The summed E-state index contributed by atoms with van der Waals surface area (Å²) in [6.07, 6.45) is 2.45. The number of ether oxygens (including phenoxy) is 3. The molecule has 0 fully saturated rings. The molecule has 1 aromatic rings. The molecule has 0 aromatic heterocycles. The predicted octanol–water partition coefficient (Wildman–Crippen LogP) is 4.35. The van der Waals surface area contributed by atoms with Gasteiger partial charge in [0.2, 0.25) is 11.8 Å². The van der Waals surface area contributed by atoms with Crippen molar-refractivity contribution in [2.24, 2.45) is 15.9 Å². The second-order valence-electron chi connectivity index (χ2n) is 12.1. The first kappa shape index (κ1) is 37.2. The van der Waals surface area contributed by atoms with Crippen LogP contribution in [0.3, 0.4) is 0 Å². The van der Waals surface area contributed by atoms with Gasteiger partial charge in [-0.2, -0.15) is 0 Å². The predicted molar refractivity (Wildman–Crippen MR) is 165 cm³/mol. The fourth-order valence-electron chi connectivity index (χ4n) is 3.49. The van der Waals surface area contributed by atoms with Crippen molar-refractivity contribution in [1.29, 1.82) is 0 Å². The van der Waals surface area contributed by atoms with Crippen LogP contribution in [0.25, 0.3) is 10.4 Å². The quantitative estimate of drug-likeness (QED) is 0.0702. The molecule has 0 saturated heterocycles. The van der Waals surface area contributed by atoms with Crippen molar-refractivity contribution < 1.29 is 28.6 Å². The highest BCUT2D eigenvalue weighted by atomic mass is 16.6. The number of rotatable bonds is 19. The van der Waals surface area contributed by atoms with E-state index in [-0.39, 0.29) is 61.5 Å². The summed E-state index contributed by atoms with van der Waals surface area (Å²) >= 11 is 0. The van der Waals surface area contributed by atoms with Crippen LogP contribution in [0.2, 0.25) is 0 Å². The smallest absolute Gasteiger partial charge is 0.251 e. The Morgan fingerprint density at radius 3 is 2.44 bits per heavy atom. The molecule has 0 bridgehead atoms. The minimum absolute atomic E-state index is 0.0233. The van der Waals surface area contributed by atoms with Crippen LogP contribution < -0.4 is 20.7 Å². The molecule has 1 unspecified atom stereocenters. The fraction of sp³-hybridized carbons (Fsp3) is 0.645. The molecule has 0 radical (unpaired) electrons. The first-order valence-electron chi connectivity index (χ1n) is 14.6. The van der Waals surface area contributed by atoms with Crippen molar-refractivity contribution in [2.45, 2.75) is 73.5 Å². The minimum Gasteiger partial charge on any atom is -0.491 e. The largest absolute Gasteiger partial charge is 0.491 e.